The van der Waals surface area contributed by atoms with Crippen LogP contribution in [0.5, 0.6) is 0 Å². The first-order valence-electron chi connectivity index (χ1n) is 7.61. The zero-order valence-electron chi connectivity index (χ0n) is 12.8. The summed E-state index contributed by atoms with van der Waals surface area (Å²) in [6.07, 6.45) is 3.12. The Labute approximate surface area is 125 Å². The van der Waals surface area contributed by atoms with E-state index in [1.807, 2.05) is 10.9 Å². The molecule has 2 N–H and O–H groups in total. The lowest BCUT2D eigenvalue weighted by molar-refractivity contribution is -0.128. The number of anilines is 1. The fourth-order valence-corrected chi connectivity index (χ4v) is 2.29. The van der Waals surface area contributed by atoms with Crippen molar-refractivity contribution in [1.82, 2.24) is 20.0 Å². The van der Waals surface area contributed by atoms with Crippen LogP contribution in [0.2, 0.25) is 0 Å². The maximum Gasteiger partial charge on any atom is 0.254 e. The number of ether oxygens (including phenoxy) is 1. The van der Waals surface area contributed by atoms with E-state index in [-0.39, 0.29) is 5.91 Å². The highest BCUT2D eigenvalue weighted by molar-refractivity contribution is 5.94. The maximum atomic E-state index is 12.0. The number of aromatic nitrogens is 2. The Kier molecular flexibility index (Phi) is 6.16. The molecule has 1 aromatic rings. The Balaban J connectivity index is 1.80. The Bertz CT molecular complexity index is 438. The number of carbonyl (C=O) groups excluding carboxylic acids is 1. The molecule has 0 aromatic carbocycles. The van der Waals surface area contributed by atoms with E-state index < -0.39 is 6.10 Å². The van der Waals surface area contributed by atoms with Crippen molar-refractivity contribution < 1.29 is 9.53 Å². The first kappa shape index (κ1) is 15.9. The monoisotopic (exact) mass is 295 g/mol. The quantitative estimate of drug-likeness (QED) is 0.749. The van der Waals surface area contributed by atoms with Crippen LogP contribution in [0.3, 0.4) is 0 Å². The SMILES string of the molecule is CCN(CC)CCn1cc(NC(=O)C2CNCCO2)cn1. The lowest BCUT2D eigenvalue weighted by Gasteiger charge is -2.22. The molecule has 1 atom stereocenters. The Morgan fingerprint density at radius 1 is 1.57 bits per heavy atom. The number of amides is 1. The van der Waals surface area contributed by atoms with Gasteiger partial charge in [0.1, 0.15) is 6.10 Å². The fourth-order valence-electron chi connectivity index (χ4n) is 2.29. The summed E-state index contributed by atoms with van der Waals surface area (Å²) in [5, 5.41) is 10.3. The van der Waals surface area contributed by atoms with Crippen LogP contribution in [0.4, 0.5) is 5.69 Å². The van der Waals surface area contributed by atoms with Crippen LogP contribution in [0.15, 0.2) is 12.4 Å². The van der Waals surface area contributed by atoms with Gasteiger partial charge in [-0.2, -0.15) is 5.10 Å². The second-order valence-electron chi connectivity index (χ2n) is 5.07. The van der Waals surface area contributed by atoms with Crippen LogP contribution in [0.1, 0.15) is 13.8 Å². The summed E-state index contributed by atoms with van der Waals surface area (Å²) in [6, 6.07) is 0. The van der Waals surface area contributed by atoms with Gasteiger partial charge in [0.2, 0.25) is 0 Å². The second kappa shape index (κ2) is 8.11. The van der Waals surface area contributed by atoms with Crippen molar-refractivity contribution in [3.05, 3.63) is 12.4 Å². The Morgan fingerprint density at radius 3 is 3.05 bits per heavy atom. The third-order valence-electron chi connectivity index (χ3n) is 3.66. The highest BCUT2D eigenvalue weighted by atomic mass is 16.5. The highest BCUT2D eigenvalue weighted by Crippen LogP contribution is 2.07. The molecule has 2 rings (SSSR count). The van der Waals surface area contributed by atoms with Gasteiger partial charge in [0.25, 0.3) is 5.91 Å². The third kappa shape index (κ3) is 4.80. The predicted octanol–water partition coefficient (Wildman–Crippen LogP) is 0.152. The lowest BCUT2D eigenvalue weighted by atomic mass is 10.3. The smallest absolute Gasteiger partial charge is 0.254 e. The molecule has 118 valence electrons. The van der Waals surface area contributed by atoms with Crippen LogP contribution in [-0.4, -0.2) is 66.0 Å². The van der Waals surface area contributed by atoms with E-state index in [1.54, 1.807) is 6.20 Å². The predicted molar refractivity (Wildman–Crippen MR) is 81.3 cm³/mol. The van der Waals surface area contributed by atoms with Crippen LogP contribution in [0.25, 0.3) is 0 Å². The van der Waals surface area contributed by atoms with Crippen molar-refractivity contribution >= 4 is 11.6 Å². The number of morpholine rings is 1. The third-order valence-corrected chi connectivity index (χ3v) is 3.66. The van der Waals surface area contributed by atoms with Gasteiger partial charge in [-0.25, -0.2) is 0 Å². The molecule has 0 bridgehead atoms. The van der Waals surface area contributed by atoms with Gasteiger partial charge in [0.15, 0.2) is 0 Å². The molecule has 0 aliphatic carbocycles. The summed E-state index contributed by atoms with van der Waals surface area (Å²) in [5.41, 5.74) is 0.716. The van der Waals surface area contributed by atoms with Gasteiger partial charge >= 0.3 is 0 Å². The minimum Gasteiger partial charge on any atom is -0.366 e. The summed E-state index contributed by atoms with van der Waals surface area (Å²) in [5.74, 6) is -0.120. The standard InChI is InChI=1S/C14H25N5O2/c1-3-18(4-2)6-7-19-11-12(9-16-19)17-14(20)13-10-15-5-8-21-13/h9,11,13,15H,3-8,10H2,1-2H3,(H,17,20). The summed E-state index contributed by atoms with van der Waals surface area (Å²) >= 11 is 0. The van der Waals surface area contributed by atoms with Crippen molar-refractivity contribution in [2.75, 3.05) is 44.6 Å². The van der Waals surface area contributed by atoms with E-state index in [9.17, 15) is 4.79 Å². The minimum atomic E-state index is -0.419. The van der Waals surface area contributed by atoms with Crippen molar-refractivity contribution in [1.29, 1.82) is 0 Å². The minimum absolute atomic E-state index is 0.120. The topological polar surface area (TPSA) is 71.4 Å². The number of likely N-dealkylation sites (N-methyl/N-ethyl adjacent to an activating group) is 1. The van der Waals surface area contributed by atoms with E-state index >= 15 is 0 Å². The number of nitrogens with one attached hydrogen (secondary N) is 2. The van der Waals surface area contributed by atoms with Gasteiger partial charge in [-0.15, -0.1) is 0 Å². The van der Waals surface area contributed by atoms with Crippen molar-refractivity contribution in [2.24, 2.45) is 0 Å². The first-order chi connectivity index (χ1) is 10.2. The van der Waals surface area contributed by atoms with Gasteiger partial charge < -0.3 is 20.3 Å². The molecular formula is C14H25N5O2. The zero-order valence-corrected chi connectivity index (χ0v) is 12.8. The maximum absolute atomic E-state index is 12.0. The molecule has 1 amide bonds. The molecule has 2 heterocycles. The van der Waals surface area contributed by atoms with Crippen molar-refractivity contribution in [3.8, 4) is 0 Å². The van der Waals surface area contributed by atoms with Gasteiger partial charge in [-0.1, -0.05) is 13.8 Å². The van der Waals surface area contributed by atoms with Gasteiger partial charge in [-0.3, -0.25) is 9.48 Å². The van der Waals surface area contributed by atoms with E-state index in [4.69, 9.17) is 4.74 Å². The molecule has 1 saturated heterocycles. The van der Waals surface area contributed by atoms with E-state index in [1.165, 1.54) is 0 Å². The van der Waals surface area contributed by atoms with Crippen molar-refractivity contribution in [2.45, 2.75) is 26.5 Å². The highest BCUT2D eigenvalue weighted by Gasteiger charge is 2.21. The molecule has 1 aromatic heterocycles. The average Bonchev–Trinajstić information content (AvgIpc) is 2.96. The van der Waals surface area contributed by atoms with Crippen molar-refractivity contribution in [3.63, 3.8) is 0 Å². The van der Waals surface area contributed by atoms with E-state index in [0.29, 0.717) is 18.8 Å². The van der Waals surface area contributed by atoms with E-state index in [0.717, 1.165) is 32.7 Å². The van der Waals surface area contributed by atoms with E-state index in [2.05, 4.69) is 34.5 Å². The van der Waals surface area contributed by atoms with Gasteiger partial charge in [0.05, 0.1) is 25.0 Å². The summed E-state index contributed by atoms with van der Waals surface area (Å²) in [7, 11) is 0. The number of carbonyl (C=O) groups is 1. The van der Waals surface area contributed by atoms with Crippen LogP contribution in [0, 0.1) is 0 Å². The molecule has 1 aliphatic rings. The Hall–Kier alpha value is -1.44. The number of hydrogen-bond donors (Lipinski definition) is 2. The summed E-state index contributed by atoms with van der Waals surface area (Å²) in [4.78, 5) is 14.3. The first-order valence-corrected chi connectivity index (χ1v) is 7.61. The second-order valence-corrected chi connectivity index (χ2v) is 5.07. The molecule has 1 fully saturated rings. The molecule has 7 nitrogen and oxygen atoms in total. The van der Waals surface area contributed by atoms with Gasteiger partial charge in [0, 0.05) is 25.8 Å². The lowest BCUT2D eigenvalue weighted by Crippen LogP contribution is -2.45. The molecule has 0 saturated carbocycles. The molecule has 1 unspecified atom stereocenters. The summed E-state index contributed by atoms with van der Waals surface area (Å²) < 4.78 is 7.27. The van der Waals surface area contributed by atoms with Gasteiger partial charge in [-0.05, 0) is 13.1 Å². The zero-order chi connectivity index (χ0) is 15.1. The Morgan fingerprint density at radius 2 is 2.38 bits per heavy atom. The average molecular weight is 295 g/mol. The summed E-state index contributed by atoms with van der Waals surface area (Å²) in [6.45, 7) is 10.1. The molecular weight excluding hydrogens is 270 g/mol. The number of hydrogen-bond acceptors (Lipinski definition) is 5. The number of rotatable bonds is 7. The van der Waals surface area contributed by atoms with Crippen LogP contribution in [-0.2, 0) is 16.1 Å². The molecule has 1 aliphatic heterocycles. The molecule has 0 radical (unpaired) electrons. The number of nitrogens with zero attached hydrogens (tertiary/aromatic N) is 3. The van der Waals surface area contributed by atoms with Crippen LogP contribution < -0.4 is 10.6 Å². The largest absolute Gasteiger partial charge is 0.366 e. The molecule has 21 heavy (non-hydrogen) atoms. The molecule has 0 spiro atoms. The molecule has 7 heteroatoms. The van der Waals surface area contributed by atoms with Crippen LogP contribution >= 0.6 is 0 Å². The fraction of sp³-hybridized carbons (Fsp3) is 0.714. The normalized spacial score (nSPS) is 18.9.